The standard InChI is InChI=1S/C9H14N4O2/c1-6-10-8(12-14-6)4-5-9-11-7(2)15-13(9)3/h9H,4-5H2,1-3H3/t9-/m0/s1. The summed E-state index contributed by atoms with van der Waals surface area (Å²) >= 11 is 0. The van der Waals surface area contributed by atoms with Crippen molar-refractivity contribution in [2.75, 3.05) is 7.05 Å². The van der Waals surface area contributed by atoms with Crippen LogP contribution in [0.4, 0.5) is 0 Å². The van der Waals surface area contributed by atoms with E-state index in [1.807, 2.05) is 14.0 Å². The molecule has 15 heavy (non-hydrogen) atoms. The van der Waals surface area contributed by atoms with Gasteiger partial charge in [-0.2, -0.15) is 4.98 Å². The van der Waals surface area contributed by atoms with Gasteiger partial charge in [0.2, 0.25) is 11.8 Å². The molecule has 2 rings (SSSR count). The Morgan fingerprint density at radius 3 is 2.73 bits per heavy atom. The van der Waals surface area contributed by atoms with E-state index >= 15 is 0 Å². The normalized spacial score (nSPS) is 21.5. The SMILES string of the molecule is CC1=N[C@H](CCc2noc(C)n2)N(C)O1. The maximum Gasteiger partial charge on any atom is 0.223 e. The van der Waals surface area contributed by atoms with E-state index < -0.39 is 0 Å². The third-order valence-corrected chi connectivity index (χ3v) is 2.22. The minimum absolute atomic E-state index is 0.0591. The van der Waals surface area contributed by atoms with E-state index in [1.165, 1.54) is 0 Å². The van der Waals surface area contributed by atoms with Gasteiger partial charge in [-0.15, -0.1) is 5.06 Å². The quantitative estimate of drug-likeness (QED) is 0.742. The second kappa shape index (κ2) is 3.98. The summed E-state index contributed by atoms with van der Waals surface area (Å²) in [5.74, 6) is 2.02. The molecule has 0 radical (unpaired) electrons. The number of aliphatic imine (C=N–C) groups is 1. The molecule has 0 unspecified atom stereocenters. The van der Waals surface area contributed by atoms with E-state index in [-0.39, 0.29) is 6.17 Å². The molecule has 0 amide bonds. The first-order valence-electron chi connectivity index (χ1n) is 4.89. The van der Waals surface area contributed by atoms with Crippen LogP contribution >= 0.6 is 0 Å². The Morgan fingerprint density at radius 1 is 1.40 bits per heavy atom. The number of hydrogen-bond donors (Lipinski definition) is 0. The molecule has 0 spiro atoms. The molecule has 0 aliphatic carbocycles. The van der Waals surface area contributed by atoms with Gasteiger partial charge in [0.25, 0.3) is 0 Å². The first kappa shape index (κ1) is 10.1. The summed E-state index contributed by atoms with van der Waals surface area (Å²) in [4.78, 5) is 13.7. The number of aryl methyl sites for hydroxylation is 2. The Kier molecular flexibility index (Phi) is 2.68. The molecule has 0 saturated heterocycles. The second-order valence-electron chi connectivity index (χ2n) is 3.53. The zero-order valence-electron chi connectivity index (χ0n) is 9.10. The lowest BCUT2D eigenvalue weighted by Crippen LogP contribution is -2.25. The van der Waals surface area contributed by atoms with E-state index in [4.69, 9.17) is 9.36 Å². The monoisotopic (exact) mass is 210 g/mol. The molecule has 1 aliphatic rings. The molecule has 0 fully saturated rings. The van der Waals surface area contributed by atoms with Gasteiger partial charge in [0.05, 0.1) is 0 Å². The van der Waals surface area contributed by atoms with E-state index in [0.29, 0.717) is 11.8 Å². The number of hydroxylamine groups is 2. The summed E-state index contributed by atoms with van der Waals surface area (Å²) < 4.78 is 4.89. The van der Waals surface area contributed by atoms with Gasteiger partial charge in [0, 0.05) is 27.3 Å². The van der Waals surface area contributed by atoms with Crippen LogP contribution in [0.25, 0.3) is 0 Å². The molecule has 0 N–H and O–H groups in total. The molecule has 0 bridgehead atoms. The molecule has 82 valence electrons. The molecular weight excluding hydrogens is 196 g/mol. The van der Waals surface area contributed by atoms with Crippen LogP contribution in [-0.2, 0) is 11.3 Å². The van der Waals surface area contributed by atoms with Gasteiger partial charge < -0.3 is 9.36 Å². The Hall–Kier alpha value is -1.43. The van der Waals surface area contributed by atoms with Gasteiger partial charge in [-0.1, -0.05) is 5.16 Å². The molecule has 6 heteroatoms. The van der Waals surface area contributed by atoms with Crippen LogP contribution < -0.4 is 0 Å². The van der Waals surface area contributed by atoms with Crippen LogP contribution in [0.15, 0.2) is 9.52 Å². The fraction of sp³-hybridized carbons (Fsp3) is 0.667. The van der Waals surface area contributed by atoms with Crippen LogP contribution in [0.5, 0.6) is 0 Å². The lowest BCUT2D eigenvalue weighted by atomic mass is 10.2. The number of rotatable bonds is 3. The molecular formula is C9H14N4O2. The van der Waals surface area contributed by atoms with Gasteiger partial charge >= 0.3 is 0 Å². The summed E-state index contributed by atoms with van der Waals surface area (Å²) in [6.07, 6.45) is 1.63. The van der Waals surface area contributed by atoms with Crippen LogP contribution in [-0.4, -0.2) is 34.3 Å². The van der Waals surface area contributed by atoms with Crippen LogP contribution in [0.2, 0.25) is 0 Å². The predicted octanol–water partition coefficient (Wildman–Crippen LogP) is 0.932. The van der Waals surface area contributed by atoms with Crippen molar-refractivity contribution in [1.29, 1.82) is 0 Å². The summed E-state index contributed by atoms with van der Waals surface area (Å²) in [7, 11) is 1.87. The number of nitrogens with zero attached hydrogens (tertiary/aromatic N) is 4. The average molecular weight is 210 g/mol. The van der Waals surface area contributed by atoms with Crippen LogP contribution in [0.3, 0.4) is 0 Å². The fourth-order valence-electron chi connectivity index (χ4n) is 1.53. The first-order chi connectivity index (χ1) is 7.15. The van der Waals surface area contributed by atoms with E-state index in [9.17, 15) is 0 Å². The Labute approximate surface area is 87.9 Å². The molecule has 2 heterocycles. The van der Waals surface area contributed by atoms with Gasteiger partial charge in [-0.25, -0.2) is 4.99 Å². The number of hydrogen-bond acceptors (Lipinski definition) is 6. The Balaban J connectivity index is 1.88. The summed E-state index contributed by atoms with van der Waals surface area (Å²) in [6.45, 7) is 3.62. The van der Waals surface area contributed by atoms with Gasteiger partial charge in [-0.3, -0.25) is 0 Å². The highest BCUT2D eigenvalue weighted by Gasteiger charge is 2.22. The zero-order valence-corrected chi connectivity index (χ0v) is 9.10. The summed E-state index contributed by atoms with van der Waals surface area (Å²) in [5.41, 5.74) is 0. The molecule has 1 atom stereocenters. The van der Waals surface area contributed by atoms with Crippen molar-refractivity contribution in [3.63, 3.8) is 0 Å². The van der Waals surface area contributed by atoms with Gasteiger partial charge in [0.1, 0.15) is 6.17 Å². The van der Waals surface area contributed by atoms with E-state index in [1.54, 1.807) is 12.0 Å². The highest BCUT2D eigenvalue weighted by atomic mass is 16.7. The largest absolute Gasteiger partial charge is 0.389 e. The molecule has 0 aromatic carbocycles. The third kappa shape index (κ3) is 2.33. The molecule has 1 aliphatic heterocycles. The van der Waals surface area contributed by atoms with Crippen molar-refractivity contribution < 1.29 is 9.36 Å². The first-order valence-corrected chi connectivity index (χ1v) is 4.89. The van der Waals surface area contributed by atoms with Gasteiger partial charge in [-0.05, 0) is 6.42 Å². The highest BCUT2D eigenvalue weighted by molar-refractivity contribution is 5.74. The van der Waals surface area contributed by atoms with Crippen molar-refractivity contribution in [3.8, 4) is 0 Å². The maximum absolute atomic E-state index is 5.29. The predicted molar refractivity (Wildman–Crippen MR) is 53.1 cm³/mol. The fourth-order valence-corrected chi connectivity index (χ4v) is 1.53. The Bertz CT molecular complexity index is 374. The Morgan fingerprint density at radius 2 is 2.20 bits per heavy atom. The van der Waals surface area contributed by atoms with Crippen LogP contribution in [0, 0.1) is 6.92 Å². The van der Waals surface area contributed by atoms with Gasteiger partial charge in [0.15, 0.2) is 5.82 Å². The van der Waals surface area contributed by atoms with Crippen molar-refractivity contribution in [2.45, 2.75) is 32.9 Å². The lowest BCUT2D eigenvalue weighted by Gasteiger charge is -2.14. The molecule has 0 saturated carbocycles. The minimum Gasteiger partial charge on any atom is -0.389 e. The smallest absolute Gasteiger partial charge is 0.223 e. The second-order valence-corrected chi connectivity index (χ2v) is 3.53. The average Bonchev–Trinajstić information content (AvgIpc) is 2.70. The lowest BCUT2D eigenvalue weighted by molar-refractivity contribution is -0.0590. The zero-order chi connectivity index (χ0) is 10.8. The summed E-state index contributed by atoms with van der Waals surface area (Å²) in [5, 5.41) is 5.57. The topological polar surface area (TPSA) is 63.8 Å². The van der Waals surface area contributed by atoms with Crippen LogP contribution in [0.1, 0.15) is 25.1 Å². The number of aromatic nitrogens is 2. The van der Waals surface area contributed by atoms with Crippen molar-refractivity contribution in [1.82, 2.24) is 15.2 Å². The molecule has 1 aromatic heterocycles. The third-order valence-electron chi connectivity index (χ3n) is 2.22. The van der Waals surface area contributed by atoms with E-state index in [0.717, 1.165) is 18.7 Å². The van der Waals surface area contributed by atoms with E-state index in [2.05, 4.69) is 15.1 Å². The highest BCUT2D eigenvalue weighted by Crippen LogP contribution is 2.14. The van der Waals surface area contributed by atoms with Crippen molar-refractivity contribution in [3.05, 3.63) is 11.7 Å². The van der Waals surface area contributed by atoms with Crippen molar-refractivity contribution >= 4 is 5.90 Å². The van der Waals surface area contributed by atoms with Crippen molar-refractivity contribution in [2.24, 2.45) is 4.99 Å². The molecule has 6 nitrogen and oxygen atoms in total. The molecule has 1 aromatic rings. The summed E-state index contributed by atoms with van der Waals surface area (Å²) in [6, 6.07) is 0. The maximum atomic E-state index is 5.29. The minimum atomic E-state index is 0.0591.